The molecule has 3 nitrogen and oxygen atoms in total. The molecule has 3 heteroatoms. The summed E-state index contributed by atoms with van der Waals surface area (Å²) in [4.78, 5) is 2.57. The summed E-state index contributed by atoms with van der Waals surface area (Å²) in [5, 5.41) is 0. The molecule has 0 amide bonds. The Morgan fingerprint density at radius 2 is 1.80 bits per heavy atom. The second-order valence-corrected chi connectivity index (χ2v) is 8.16. The van der Waals surface area contributed by atoms with E-state index in [1.54, 1.807) is 0 Å². The molecule has 0 atom stereocenters. The van der Waals surface area contributed by atoms with Gasteiger partial charge in [0.25, 0.3) is 0 Å². The monoisotopic (exact) mass is 339 g/mol. The maximum Gasteiger partial charge on any atom is 0.0612 e. The van der Waals surface area contributed by atoms with Crippen molar-refractivity contribution in [2.24, 2.45) is 11.8 Å². The average Bonchev–Trinajstić information content (AvgIpc) is 2.63. The van der Waals surface area contributed by atoms with Crippen LogP contribution in [0.3, 0.4) is 0 Å². The number of allylic oxidation sites excluding steroid dienone is 2. The quantitative estimate of drug-likeness (QED) is 0.826. The van der Waals surface area contributed by atoms with Gasteiger partial charge in [-0.1, -0.05) is 45.9 Å². The molecule has 1 fully saturated rings. The topological polar surface area (TPSA) is 27.3 Å². The Morgan fingerprint density at radius 1 is 1.04 bits per heavy atom. The summed E-state index contributed by atoms with van der Waals surface area (Å²) in [5.74, 6) is 2.28. The van der Waals surface area contributed by atoms with E-state index < -0.39 is 0 Å². The lowest BCUT2D eigenvalue weighted by Crippen LogP contribution is -2.41. The van der Waals surface area contributed by atoms with Crippen molar-refractivity contribution < 1.29 is 0 Å². The summed E-state index contributed by atoms with van der Waals surface area (Å²) in [6, 6.07) is 8.79. The van der Waals surface area contributed by atoms with Crippen LogP contribution in [0.15, 0.2) is 42.1 Å². The predicted octanol–water partition coefficient (Wildman–Crippen LogP) is 4.51. The van der Waals surface area contributed by atoms with Crippen LogP contribution in [0.4, 0.5) is 0 Å². The zero-order valence-electron chi connectivity index (χ0n) is 16.2. The van der Waals surface area contributed by atoms with Crippen molar-refractivity contribution in [3.8, 4) is 0 Å². The van der Waals surface area contributed by atoms with Crippen molar-refractivity contribution in [1.82, 2.24) is 15.8 Å². The summed E-state index contributed by atoms with van der Waals surface area (Å²) >= 11 is 0. The molecule has 2 heterocycles. The fourth-order valence-corrected chi connectivity index (χ4v) is 3.76. The molecule has 0 radical (unpaired) electrons. The maximum absolute atomic E-state index is 3.40. The van der Waals surface area contributed by atoms with E-state index in [4.69, 9.17) is 0 Å². The van der Waals surface area contributed by atoms with E-state index in [1.165, 1.54) is 42.8 Å². The first-order valence-electron chi connectivity index (χ1n) is 9.78. The normalized spacial score (nSPS) is 19.4. The molecule has 1 saturated heterocycles. The zero-order valence-corrected chi connectivity index (χ0v) is 16.2. The summed E-state index contributed by atoms with van der Waals surface area (Å²) < 4.78 is 0. The van der Waals surface area contributed by atoms with E-state index in [9.17, 15) is 0 Å². The number of benzene rings is 1. The second kappa shape index (κ2) is 8.09. The average molecular weight is 340 g/mol. The molecule has 2 aliphatic heterocycles. The Labute approximate surface area is 153 Å². The molecule has 2 N–H and O–H groups in total. The lowest BCUT2D eigenvalue weighted by Gasteiger charge is -2.34. The standard InChI is InChI=1S/C22H33N3/c1-16(2)18-10-12-25(13-11-18)15-21-8-9-22(24-23-21)20-7-5-6-19(14-20)17(3)4/h5-9,14,16-18,23-24H,10-13,15H2,1-4H3. The third-order valence-corrected chi connectivity index (χ3v) is 5.64. The van der Waals surface area contributed by atoms with Gasteiger partial charge in [-0.2, -0.15) is 0 Å². The minimum absolute atomic E-state index is 0.553. The highest BCUT2D eigenvalue weighted by molar-refractivity contribution is 5.67. The molecule has 136 valence electrons. The van der Waals surface area contributed by atoms with Gasteiger partial charge in [-0.05, 0) is 73.0 Å². The van der Waals surface area contributed by atoms with E-state index in [0.29, 0.717) is 5.92 Å². The van der Waals surface area contributed by atoms with Gasteiger partial charge in [-0.3, -0.25) is 4.90 Å². The third kappa shape index (κ3) is 4.66. The number of piperidine rings is 1. The second-order valence-electron chi connectivity index (χ2n) is 8.16. The number of nitrogens with zero attached hydrogens (tertiary/aromatic N) is 1. The summed E-state index contributed by atoms with van der Waals surface area (Å²) in [5.41, 5.74) is 11.8. The molecular weight excluding hydrogens is 306 g/mol. The van der Waals surface area contributed by atoms with Crippen molar-refractivity contribution in [3.63, 3.8) is 0 Å². The summed E-state index contributed by atoms with van der Waals surface area (Å²) in [6.45, 7) is 12.6. The van der Waals surface area contributed by atoms with Crippen LogP contribution in [-0.2, 0) is 0 Å². The molecule has 3 rings (SSSR count). The Hall–Kier alpha value is -1.74. The van der Waals surface area contributed by atoms with Crippen molar-refractivity contribution in [3.05, 3.63) is 53.2 Å². The van der Waals surface area contributed by atoms with Crippen LogP contribution in [-0.4, -0.2) is 24.5 Å². The minimum Gasteiger partial charge on any atom is -0.304 e. The van der Waals surface area contributed by atoms with Crippen molar-refractivity contribution >= 4 is 5.70 Å². The van der Waals surface area contributed by atoms with Crippen molar-refractivity contribution in [1.29, 1.82) is 0 Å². The lowest BCUT2D eigenvalue weighted by atomic mass is 9.87. The highest BCUT2D eigenvalue weighted by Gasteiger charge is 2.22. The Balaban J connectivity index is 1.59. The van der Waals surface area contributed by atoms with Crippen molar-refractivity contribution in [2.75, 3.05) is 19.6 Å². The number of rotatable bonds is 5. The van der Waals surface area contributed by atoms with Crippen LogP contribution in [0, 0.1) is 11.8 Å². The Morgan fingerprint density at radius 3 is 2.40 bits per heavy atom. The maximum atomic E-state index is 3.40. The first kappa shape index (κ1) is 18.1. The number of likely N-dealkylation sites (tertiary alicyclic amines) is 1. The summed E-state index contributed by atoms with van der Waals surface area (Å²) in [7, 11) is 0. The fourth-order valence-electron chi connectivity index (χ4n) is 3.76. The van der Waals surface area contributed by atoms with E-state index in [2.05, 4.69) is 79.9 Å². The van der Waals surface area contributed by atoms with E-state index >= 15 is 0 Å². The number of hydrogen-bond donors (Lipinski definition) is 2. The van der Waals surface area contributed by atoms with Crippen molar-refractivity contribution in [2.45, 2.75) is 46.5 Å². The fraction of sp³-hybridized carbons (Fsp3) is 0.545. The Bertz CT molecular complexity index is 634. The van der Waals surface area contributed by atoms with E-state index in [1.807, 2.05) is 0 Å². The van der Waals surface area contributed by atoms with Gasteiger partial charge < -0.3 is 10.9 Å². The molecule has 0 saturated carbocycles. The van der Waals surface area contributed by atoms with Gasteiger partial charge in [-0.25, -0.2) is 0 Å². The SMILES string of the molecule is CC(C)c1cccc(C2=CC=C(CN3CCC(C(C)C)CC3)NN2)c1. The summed E-state index contributed by atoms with van der Waals surface area (Å²) in [6.07, 6.45) is 7.09. The molecule has 0 aromatic heterocycles. The highest BCUT2D eigenvalue weighted by atomic mass is 15.4. The van der Waals surface area contributed by atoms with E-state index in [-0.39, 0.29) is 0 Å². The van der Waals surface area contributed by atoms with Gasteiger partial charge in [0.15, 0.2) is 0 Å². The van der Waals surface area contributed by atoms with Gasteiger partial charge in [0.05, 0.1) is 5.70 Å². The molecule has 0 spiro atoms. The third-order valence-electron chi connectivity index (χ3n) is 5.64. The smallest absolute Gasteiger partial charge is 0.0612 e. The lowest BCUT2D eigenvalue weighted by molar-refractivity contribution is 0.165. The minimum atomic E-state index is 0.553. The van der Waals surface area contributed by atoms with Crippen LogP contribution in [0.2, 0.25) is 0 Å². The van der Waals surface area contributed by atoms with Crippen LogP contribution in [0.1, 0.15) is 57.6 Å². The number of hydrogen-bond acceptors (Lipinski definition) is 3. The van der Waals surface area contributed by atoms with Crippen LogP contribution < -0.4 is 10.9 Å². The van der Waals surface area contributed by atoms with Gasteiger partial charge in [-0.15, -0.1) is 0 Å². The molecule has 0 aliphatic carbocycles. The first-order valence-corrected chi connectivity index (χ1v) is 9.78. The number of hydrazine groups is 1. The van der Waals surface area contributed by atoms with Gasteiger partial charge in [0.1, 0.15) is 0 Å². The molecular formula is C22H33N3. The predicted molar refractivity (Wildman–Crippen MR) is 107 cm³/mol. The number of nitrogens with one attached hydrogen (secondary N) is 2. The molecule has 1 aromatic carbocycles. The molecule has 0 unspecified atom stereocenters. The molecule has 0 bridgehead atoms. The van der Waals surface area contributed by atoms with Crippen LogP contribution in [0.25, 0.3) is 5.70 Å². The van der Waals surface area contributed by atoms with Crippen LogP contribution >= 0.6 is 0 Å². The van der Waals surface area contributed by atoms with Gasteiger partial charge >= 0.3 is 0 Å². The first-order chi connectivity index (χ1) is 12.0. The van der Waals surface area contributed by atoms with Gasteiger partial charge in [0.2, 0.25) is 0 Å². The Kier molecular flexibility index (Phi) is 5.85. The van der Waals surface area contributed by atoms with E-state index in [0.717, 1.165) is 24.1 Å². The zero-order chi connectivity index (χ0) is 17.8. The van der Waals surface area contributed by atoms with Crippen LogP contribution in [0.5, 0.6) is 0 Å². The molecule has 2 aliphatic rings. The largest absolute Gasteiger partial charge is 0.304 e. The molecule has 1 aromatic rings. The highest BCUT2D eigenvalue weighted by Crippen LogP contribution is 2.25. The van der Waals surface area contributed by atoms with Gasteiger partial charge in [0, 0.05) is 12.2 Å². The molecule has 25 heavy (non-hydrogen) atoms.